The Kier molecular flexibility index (Phi) is 6.57. The van der Waals surface area contributed by atoms with Crippen LogP contribution in [0.4, 0.5) is 0 Å². The average Bonchev–Trinajstić information content (AvgIpc) is 2.79. The molecule has 0 radical (unpaired) electrons. The molecule has 1 aliphatic heterocycles. The molecule has 1 heterocycles. The van der Waals surface area contributed by atoms with Gasteiger partial charge in [0, 0.05) is 13.1 Å². The monoisotopic (exact) mass is 434 g/mol. The summed E-state index contributed by atoms with van der Waals surface area (Å²) in [5, 5.41) is 6.56. The fourth-order valence-corrected chi connectivity index (χ4v) is 3.78. The molecule has 0 atom stereocenters. The number of fused-ring (bicyclic) bond motifs is 4. The van der Waals surface area contributed by atoms with E-state index in [9.17, 15) is 0 Å². The smallest absolute Gasteiger partial charge is 0.129 e. The Bertz CT molecular complexity index is 988. The molecule has 0 saturated heterocycles. The zero-order valence-corrected chi connectivity index (χ0v) is 18.0. The number of rotatable bonds is 0. The van der Waals surface area contributed by atoms with Crippen LogP contribution < -0.4 is 20.1 Å². The maximum atomic E-state index is 6.09. The highest BCUT2D eigenvalue weighted by Crippen LogP contribution is 2.22. The molecule has 4 nitrogen and oxygen atoms in total. The number of hydrogen-bond donors (Lipinski definition) is 2. The van der Waals surface area contributed by atoms with Gasteiger partial charge in [0.25, 0.3) is 0 Å². The summed E-state index contributed by atoms with van der Waals surface area (Å²) in [4.78, 5) is 1.31. The Morgan fingerprint density at radius 3 is 1.57 bits per heavy atom. The molecule has 3 aromatic carbocycles. The summed E-state index contributed by atoms with van der Waals surface area (Å²) in [6, 6.07) is 23.8. The summed E-state index contributed by atoms with van der Waals surface area (Å²) in [6.07, 6.45) is 0. The van der Waals surface area contributed by atoms with Gasteiger partial charge in [-0.25, -0.2) is 0 Å². The van der Waals surface area contributed by atoms with Gasteiger partial charge in [0.1, 0.15) is 34.7 Å². The fraction of sp³-hybridized carbons (Fsp3) is 0.167. The van der Waals surface area contributed by atoms with E-state index in [0.29, 0.717) is 36.3 Å². The van der Waals surface area contributed by atoms with Crippen LogP contribution in [0.3, 0.4) is 0 Å². The first-order valence-corrected chi connectivity index (χ1v) is 10.6. The minimum absolute atomic E-state index is 0.454. The quantitative estimate of drug-likeness (QED) is 0.512. The lowest BCUT2D eigenvalue weighted by Crippen LogP contribution is -2.34. The van der Waals surface area contributed by atoms with E-state index in [4.69, 9.17) is 33.9 Å². The number of ether oxygens (including phenoxy) is 2. The van der Waals surface area contributed by atoms with E-state index in [-0.39, 0.29) is 0 Å². The van der Waals surface area contributed by atoms with Crippen LogP contribution in [0.25, 0.3) is 0 Å². The van der Waals surface area contributed by atoms with Gasteiger partial charge in [0.2, 0.25) is 0 Å². The zero-order chi connectivity index (χ0) is 20.8. The summed E-state index contributed by atoms with van der Waals surface area (Å²) in [5.41, 5.74) is 3.90. The van der Waals surface area contributed by atoms with E-state index >= 15 is 0 Å². The molecule has 6 heteroatoms. The first kappa shape index (κ1) is 20.3. The minimum atomic E-state index is 0.454. The van der Waals surface area contributed by atoms with E-state index < -0.39 is 0 Å². The molecular weight excluding hydrogens is 412 g/mol. The summed E-state index contributed by atoms with van der Waals surface area (Å²) >= 11 is 11.2. The predicted octanol–water partition coefficient (Wildman–Crippen LogP) is 4.39. The Labute approximate surface area is 187 Å². The maximum absolute atomic E-state index is 6.09. The summed E-state index contributed by atoms with van der Waals surface area (Å²) in [6.45, 7) is 2.18. The van der Waals surface area contributed by atoms with Crippen molar-refractivity contribution >= 4 is 34.4 Å². The van der Waals surface area contributed by atoms with Crippen molar-refractivity contribution in [3.05, 3.63) is 95.1 Å². The molecule has 2 N–H and O–H groups in total. The van der Waals surface area contributed by atoms with Crippen LogP contribution in [0, 0.1) is 0 Å². The molecule has 4 rings (SSSR count). The normalized spacial score (nSPS) is 14.7. The second-order valence-corrected chi connectivity index (χ2v) is 7.72. The van der Waals surface area contributed by atoms with Gasteiger partial charge in [-0.1, -0.05) is 66.9 Å². The lowest BCUT2D eigenvalue weighted by molar-refractivity contribution is 0.299. The van der Waals surface area contributed by atoms with Crippen LogP contribution in [0.5, 0.6) is 11.5 Å². The van der Waals surface area contributed by atoms with Crippen molar-refractivity contribution in [2.75, 3.05) is 13.1 Å². The molecule has 0 amide bonds. The Balaban J connectivity index is 1.63. The Hall–Kier alpha value is -2.96. The number of benzene rings is 3. The minimum Gasteiger partial charge on any atom is -0.488 e. The molecule has 0 aliphatic carbocycles. The maximum Gasteiger partial charge on any atom is 0.129 e. The van der Waals surface area contributed by atoms with E-state index in [1.54, 1.807) is 0 Å². The van der Waals surface area contributed by atoms with Crippen molar-refractivity contribution in [3.8, 4) is 11.5 Å². The predicted molar refractivity (Wildman–Crippen MR) is 127 cm³/mol. The summed E-state index contributed by atoms with van der Waals surface area (Å²) in [7, 11) is 0. The van der Waals surface area contributed by atoms with Gasteiger partial charge >= 0.3 is 0 Å². The van der Waals surface area contributed by atoms with Gasteiger partial charge in [0.15, 0.2) is 0 Å². The van der Waals surface area contributed by atoms with Crippen molar-refractivity contribution in [2.45, 2.75) is 13.2 Å². The third-order valence-corrected chi connectivity index (χ3v) is 5.47. The molecule has 0 spiro atoms. The van der Waals surface area contributed by atoms with Crippen LogP contribution in [0.1, 0.15) is 22.3 Å². The van der Waals surface area contributed by atoms with Crippen LogP contribution in [-0.4, -0.2) is 23.1 Å². The number of nitrogens with one attached hydrogen (secondary N) is 2. The average molecular weight is 435 g/mol. The highest BCUT2D eigenvalue weighted by atomic mass is 32.1. The van der Waals surface area contributed by atoms with Crippen LogP contribution in [0.2, 0.25) is 0 Å². The zero-order valence-electron chi connectivity index (χ0n) is 16.4. The van der Waals surface area contributed by atoms with Gasteiger partial charge < -0.3 is 20.1 Å². The third kappa shape index (κ3) is 4.96. The summed E-state index contributed by atoms with van der Waals surface area (Å²) in [5.74, 6) is 1.52. The van der Waals surface area contributed by atoms with E-state index in [1.165, 1.54) is 0 Å². The van der Waals surface area contributed by atoms with Crippen LogP contribution in [0.15, 0.2) is 72.8 Å². The largest absolute Gasteiger partial charge is 0.488 e. The topological polar surface area (TPSA) is 42.5 Å². The van der Waals surface area contributed by atoms with Gasteiger partial charge in [-0.3, -0.25) is 0 Å². The molecule has 152 valence electrons. The lowest BCUT2D eigenvalue weighted by Gasteiger charge is -2.15. The first-order valence-electron chi connectivity index (χ1n) is 9.78. The fourth-order valence-electron chi connectivity index (χ4n) is 3.23. The lowest BCUT2D eigenvalue weighted by atomic mass is 10.1. The van der Waals surface area contributed by atoms with Crippen molar-refractivity contribution in [1.82, 2.24) is 10.6 Å². The molecule has 0 fully saturated rings. The molecule has 3 aromatic rings. The molecular formula is C24H22N2O2S2. The van der Waals surface area contributed by atoms with Crippen molar-refractivity contribution in [1.29, 1.82) is 0 Å². The van der Waals surface area contributed by atoms with Crippen molar-refractivity contribution in [2.24, 2.45) is 0 Å². The second-order valence-electron chi connectivity index (χ2n) is 6.90. The molecule has 0 unspecified atom stereocenters. The Morgan fingerprint density at radius 2 is 1.07 bits per heavy atom. The number of hydrogen-bond acceptors (Lipinski definition) is 4. The molecule has 0 saturated carbocycles. The van der Waals surface area contributed by atoms with Gasteiger partial charge in [-0.05, 0) is 41.5 Å². The van der Waals surface area contributed by atoms with E-state index in [2.05, 4.69) is 16.7 Å². The van der Waals surface area contributed by atoms with Crippen molar-refractivity contribution < 1.29 is 9.47 Å². The highest BCUT2D eigenvalue weighted by molar-refractivity contribution is 7.81. The third-order valence-electron chi connectivity index (χ3n) is 4.74. The highest BCUT2D eigenvalue weighted by Gasteiger charge is 2.11. The van der Waals surface area contributed by atoms with Crippen molar-refractivity contribution in [3.63, 3.8) is 0 Å². The Morgan fingerprint density at radius 1 is 0.600 bits per heavy atom. The molecule has 1 aliphatic rings. The number of thiocarbonyl (C=S) groups is 2. The van der Waals surface area contributed by atoms with Crippen LogP contribution >= 0.6 is 24.4 Å². The molecule has 30 heavy (non-hydrogen) atoms. The number of para-hydroxylation sites is 2. The van der Waals surface area contributed by atoms with Gasteiger partial charge in [-0.15, -0.1) is 0 Å². The molecule has 2 bridgehead atoms. The first-order chi connectivity index (χ1) is 14.7. The molecule has 0 aromatic heterocycles. The van der Waals surface area contributed by atoms with E-state index in [0.717, 1.165) is 33.8 Å². The van der Waals surface area contributed by atoms with Gasteiger partial charge in [0.05, 0.1) is 11.1 Å². The van der Waals surface area contributed by atoms with Gasteiger partial charge in [-0.2, -0.15) is 0 Å². The van der Waals surface area contributed by atoms with Crippen LogP contribution in [-0.2, 0) is 13.2 Å². The second kappa shape index (κ2) is 9.69. The standard InChI is InChI=1S/C24H22N2O2S2/c29-23-19-8-1-3-10-21(19)27-15-17-6-5-7-18(14-17)16-28-22-11-4-2-9-20(22)24(30)26-13-12-25-23/h1-11,14H,12-13,15-16H2,(H,25,29)(H,26,30). The summed E-state index contributed by atoms with van der Waals surface area (Å²) < 4.78 is 12.2. The van der Waals surface area contributed by atoms with E-state index in [1.807, 2.05) is 66.7 Å². The SMILES string of the molecule is S=C1NCCNC(=S)c2ccccc2OCc2cccc(c2)COc2ccccc21.